The summed E-state index contributed by atoms with van der Waals surface area (Å²) in [7, 11) is 1.57. The van der Waals surface area contributed by atoms with Gasteiger partial charge >= 0.3 is 0 Å². The molecule has 0 aliphatic heterocycles. The molecule has 3 N–H and O–H groups in total. The largest absolute Gasteiger partial charge is 0.497 e. The number of methoxy groups -OCH3 is 1. The summed E-state index contributed by atoms with van der Waals surface area (Å²) in [5.41, 5.74) is 2.53. The van der Waals surface area contributed by atoms with Crippen LogP contribution in [0, 0.1) is 0 Å². The van der Waals surface area contributed by atoms with Crippen LogP contribution in [0.4, 0.5) is 5.69 Å². The van der Waals surface area contributed by atoms with Crippen LogP contribution >= 0.6 is 0 Å². The van der Waals surface area contributed by atoms with Gasteiger partial charge in [0.1, 0.15) is 5.75 Å². The fourth-order valence-electron chi connectivity index (χ4n) is 2.65. The molecule has 2 aromatic rings. The van der Waals surface area contributed by atoms with Crippen molar-refractivity contribution in [1.29, 1.82) is 0 Å². The van der Waals surface area contributed by atoms with Crippen molar-refractivity contribution in [3.63, 3.8) is 0 Å². The Morgan fingerprint density at radius 3 is 2.07 bits per heavy atom. The van der Waals surface area contributed by atoms with E-state index in [-0.39, 0.29) is 6.54 Å². The lowest BCUT2D eigenvalue weighted by molar-refractivity contribution is -0.134. The number of nitrogens with one attached hydrogen (secondary N) is 3. The summed E-state index contributed by atoms with van der Waals surface area (Å²) in [5, 5.41) is 7.75. The van der Waals surface area contributed by atoms with Crippen molar-refractivity contribution in [1.82, 2.24) is 10.6 Å². The molecular weight excluding hydrogens is 370 g/mol. The maximum Gasteiger partial charge on any atom is 0.256 e. The number of rotatable bonds is 8. The van der Waals surface area contributed by atoms with Crippen molar-refractivity contribution >= 4 is 23.4 Å². The molecule has 1 atom stereocenters. The van der Waals surface area contributed by atoms with Gasteiger partial charge in [0.25, 0.3) is 11.8 Å². The summed E-state index contributed by atoms with van der Waals surface area (Å²) in [6, 6.07) is 13.2. The molecule has 0 saturated carbocycles. The molecule has 0 fully saturated rings. The molecule has 2 rings (SSSR count). The molecule has 7 nitrogen and oxygen atoms in total. The molecule has 0 aliphatic carbocycles. The first-order chi connectivity index (χ1) is 13.8. The van der Waals surface area contributed by atoms with Gasteiger partial charge in [0, 0.05) is 19.2 Å². The number of carbonyl (C=O) groups is 3. The fourth-order valence-corrected chi connectivity index (χ4v) is 2.65. The minimum Gasteiger partial charge on any atom is -0.497 e. The van der Waals surface area contributed by atoms with E-state index < -0.39 is 23.8 Å². The Kier molecular flexibility index (Phi) is 7.77. The highest BCUT2D eigenvalue weighted by molar-refractivity contribution is 6.11. The Morgan fingerprint density at radius 2 is 1.55 bits per heavy atom. The summed E-state index contributed by atoms with van der Waals surface area (Å²) in [6.07, 6.45) is 0. The number of carbonyl (C=O) groups excluding carboxylic acids is 3. The number of benzene rings is 2. The SMILES string of the molecule is COc1ccc(CNC(=O)[C@@H](NC(C)=O)C(=O)Nc2ccc(C(C)C)cc2)cc1. The van der Waals surface area contributed by atoms with Crippen LogP contribution in [0.1, 0.15) is 37.8 Å². The molecule has 7 heteroatoms. The summed E-state index contributed by atoms with van der Waals surface area (Å²) >= 11 is 0. The van der Waals surface area contributed by atoms with Gasteiger partial charge in [-0.25, -0.2) is 0 Å². The first-order valence-electron chi connectivity index (χ1n) is 9.38. The fraction of sp³-hybridized carbons (Fsp3) is 0.318. The molecule has 0 bridgehead atoms. The quantitative estimate of drug-likeness (QED) is 0.597. The molecule has 0 spiro atoms. The second-order valence-electron chi connectivity index (χ2n) is 6.97. The van der Waals surface area contributed by atoms with Gasteiger partial charge in [-0.15, -0.1) is 0 Å². The van der Waals surface area contributed by atoms with Crippen LogP contribution < -0.4 is 20.7 Å². The van der Waals surface area contributed by atoms with Crippen molar-refractivity contribution in [2.45, 2.75) is 39.3 Å². The second kappa shape index (κ2) is 10.3. The maximum atomic E-state index is 12.6. The molecule has 0 unspecified atom stereocenters. The van der Waals surface area contributed by atoms with Gasteiger partial charge in [-0.05, 0) is 41.3 Å². The minimum atomic E-state index is -1.34. The van der Waals surface area contributed by atoms with Gasteiger partial charge in [-0.3, -0.25) is 14.4 Å². The summed E-state index contributed by atoms with van der Waals surface area (Å²) < 4.78 is 5.10. The van der Waals surface area contributed by atoms with Gasteiger partial charge < -0.3 is 20.7 Å². The molecular formula is C22H27N3O4. The standard InChI is InChI=1S/C22H27N3O4/c1-14(2)17-7-9-18(10-8-17)25-22(28)20(24-15(3)26)21(27)23-13-16-5-11-19(29-4)12-6-16/h5-12,14,20H,13H2,1-4H3,(H,23,27)(H,24,26)(H,25,28)/t20-/m1/s1. The molecule has 0 aliphatic rings. The van der Waals surface area contributed by atoms with Crippen molar-refractivity contribution in [3.8, 4) is 5.75 Å². The van der Waals surface area contributed by atoms with Gasteiger partial charge in [-0.1, -0.05) is 38.1 Å². The summed E-state index contributed by atoms with van der Waals surface area (Å²) in [4.78, 5) is 36.6. The smallest absolute Gasteiger partial charge is 0.256 e. The molecule has 154 valence electrons. The summed E-state index contributed by atoms with van der Waals surface area (Å²) in [6.45, 7) is 5.63. The molecule has 0 saturated heterocycles. The topological polar surface area (TPSA) is 96.5 Å². The highest BCUT2D eigenvalue weighted by Gasteiger charge is 2.27. The molecule has 0 aromatic heterocycles. The number of ether oxygens (including phenoxy) is 1. The zero-order chi connectivity index (χ0) is 21.4. The van der Waals surface area contributed by atoms with Gasteiger partial charge in [0.05, 0.1) is 7.11 Å². The predicted octanol–water partition coefficient (Wildman–Crippen LogP) is 2.58. The van der Waals surface area contributed by atoms with E-state index in [0.29, 0.717) is 17.4 Å². The van der Waals surface area contributed by atoms with Gasteiger partial charge in [0.2, 0.25) is 5.91 Å². The predicted molar refractivity (Wildman–Crippen MR) is 112 cm³/mol. The van der Waals surface area contributed by atoms with Crippen molar-refractivity contribution in [3.05, 3.63) is 59.7 Å². The number of hydrogen-bond acceptors (Lipinski definition) is 4. The Labute approximate surface area is 170 Å². The molecule has 3 amide bonds. The first-order valence-corrected chi connectivity index (χ1v) is 9.38. The highest BCUT2D eigenvalue weighted by atomic mass is 16.5. The molecule has 0 radical (unpaired) electrons. The lowest BCUT2D eigenvalue weighted by atomic mass is 10.0. The van der Waals surface area contributed by atoms with E-state index in [1.54, 1.807) is 31.4 Å². The zero-order valence-electron chi connectivity index (χ0n) is 17.1. The monoisotopic (exact) mass is 397 g/mol. The van der Waals surface area contributed by atoms with Crippen LogP contribution in [0.2, 0.25) is 0 Å². The van der Waals surface area contributed by atoms with Gasteiger partial charge in [0.15, 0.2) is 6.04 Å². The second-order valence-corrected chi connectivity index (χ2v) is 6.97. The van der Waals surface area contributed by atoms with Crippen LogP contribution in [-0.4, -0.2) is 30.9 Å². The average molecular weight is 397 g/mol. The Hall–Kier alpha value is -3.35. The summed E-state index contributed by atoms with van der Waals surface area (Å²) in [5.74, 6) is -0.591. The van der Waals surface area contributed by atoms with Crippen LogP contribution in [0.25, 0.3) is 0 Å². The third-order valence-electron chi connectivity index (χ3n) is 4.34. The van der Waals surface area contributed by atoms with E-state index >= 15 is 0 Å². The molecule has 0 heterocycles. The van der Waals surface area contributed by atoms with E-state index in [2.05, 4.69) is 29.8 Å². The number of anilines is 1. The minimum absolute atomic E-state index is 0.218. The molecule has 2 aromatic carbocycles. The normalized spacial score (nSPS) is 11.5. The lowest BCUT2D eigenvalue weighted by Gasteiger charge is -2.18. The van der Waals surface area contributed by atoms with Crippen molar-refractivity contribution < 1.29 is 19.1 Å². The first kappa shape index (κ1) is 21.9. The Morgan fingerprint density at radius 1 is 0.931 bits per heavy atom. The third-order valence-corrected chi connectivity index (χ3v) is 4.34. The Bertz CT molecular complexity index is 845. The van der Waals surface area contributed by atoms with E-state index in [4.69, 9.17) is 4.74 Å². The lowest BCUT2D eigenvalue weighted by Crippen LogP contribution is -2.52. The Balaban J connectivity index is 2.02. The number of hydrogen-bond donors (Lipinski definition) is 3. The van der Waals surface area contributed by atoms with Crippen LogP contribution in [0.15, 0.2) is 48.5 Å². The van der Waals surface area contributed by atoms with Crippen LogP contribution in [0.3, 0.4) is 0 Å². The highest BCUT2D eigenvalue weighted by Crippen LogP contribution is 2.17. The number of amides is 3. The van der Waals surface area contributed by atoms with Gasteiger partial charge in [-0.2, -0.15) is 0 Å². The molecule has 29 heavy (non-hydrogen) atoms. The third kappa shape index (κ3) is 6.64. The van der Waals surface area contributed by atoms with E-state index in [9.17, 15) is 14.4 Å². The van der Waals surface area contributed by atoms with Crippen molar-refractivity contribution in [2.75, 3.05) is 12.4 Å². The van der Waals surface area contributed by atoms with E-state index in [0.717, 1.165) is 11.1 Å². The average Bonchev–Trinajstić information content (AvgIpc) is 2.70. The van der Waals surface area contributed by atoms with Crippen LogP contribution in [-0.2, 0) is 20.9 Å². The van der Waals surface area contributed by atoms with Crippen LogP contribution in [0.5, 0.6) is 5.75 Å². The van der Waals surface area contributed by atoms with Crippen molar-refractivity contribution in [2.24, 2.45) is 0 Å². The van der Waals surface area contributed by atoms with E-state index in [1.807, 2.05) is 24.3 Å². The zero-order valence-corrected chi connectivity index (χ0v) is 17.1. The van der Waals surface area contributed by atoms with E-state index in [1.165, 1.54) is 6.92 Å². The maximum absolute atomic E-state index is 12.6.